The zero-order valence-electron chi connectivity index (χ0n) is 8.26. The molecular weight excluding hydrogens is 214 g/mol. The molecule has 2 N–H and O–H groups in total. The fourth-order valence-electron chi connectivity index (χ4n) is 1.20. The van der Waals surface area contributed by atoms with Crippen LogP contribution in [-0.2, 0) is 4.74 Å². The molecule has 0 bridgehead atoms. The molecular formula is C9H7N3O4. The fraction of sp³-hybridized carbons (Fsp3) is 0.111. The second kappa shape index (κ2) is 3.61. The van der Waals surface area contributed by atoms with E-state index >= 15 is 0 Å². The number of hydrogen-bond donors (Lipinski definition) is 1. The zero-order chi connectivity index (χ0) is 11.7. The molecule has 82 valence electrons. The molecule has 0 radical (unpaired) electrons. The summed E-state index contributed by atoms with van der Waals surface area (Å²) in [7, 11) is 1.18. The first-order chi connectivity index (χ1) is 7.60. The van der Waals surface area contributed by atoms with Crippen molar-refractivity contribution < 1.29 is 19.1 Å². The Balaban J connectivity index is 2.48. The first-order valence-corrected chi connectivity index (χ1v) is 4.27. The maximum atomic E-state index is 10.9. The number of ether oxygens (including phenoxy) is 2. The van der Waals surface area contributed by atoms with Crippen molar-refractivity contribution in [2.24, 2.45) is 9.98 Å². The third kappa shape index (κ3) is 1.70. The zero-order valence-corrected chi connectivity index (χ0v) is 8.26. The quantitative estimate of drug-likeness (QED) is 0.401. The Labute approximate surface area is 89.2 Å². The Morgan fingerprint density at radius 3 is 2.56 bits per heavy atom. The van der Waals surface area contributed by atoms with Crippen LogP contribution in [0, 0.1) is 0 Å². The topological polar surface area (TPSA) is 103 Å². The SMILES string of the molecule is COC(=O)Oc1cc2c(cc1N)=NC(=O)N=2. The Hall–Kier alpha value is -2.44. The number of amides is 2. The van der Waals surface area contributed by atoms with Crippen LogP contribution in [0.2, 0.25) is 0 Å². The minimum Gasteiger partial charge on any atom is -0.437 e. The van der Waals surface area contributed by atoms with Crippen molar-refractivity contribution in [3.05, 3.63) is 22.8 Å². The summed E-state index contributed by atoms with van der Waals surface area (Å²) in [5.41, 5.74) is 5.77. The Bertz CT molecular complexity index is 594. The number of fused-ring (bicyclic) bond motifs is 1. The normalized spacial score (nSPS) is 12.4. The van der Waals surface area contributed by atoms with Crippen molar-refractivity contribution in [3.8, 4) is 5.75 Å². The van der Waals surface area contributed by atoms with Gasteiger partial charge in [-0.2, -0.15) is 9.98 Å². The van der Waals surface area contributed by atoms with Crippen molar-refractivity contribution in [2.45, 2.75) is 0 Å². The standard InChI is InChI=1S/C9H7N3O4/c1-15-9(14)16-7-3-6-5(2-4(7)10)11-8(13)12-6/h2-3H,10H2,1H3. The molecule has 0 spiro atoms. The number of urea groups is 1. The number of hydrogen-bond acceptors (Lipinski definition) is 5. The highest BCUT2D eigenvalue weighted by molar-refractivity contribution is 5.78. The molecule has 0 saturated carbocycles. The van der Waals surface area contributed by atoms with Crippen LogP contribution in [0.1, 0.15) is 0 Å². The van der Waals surface area contributed by atoms with E-state index in [2.05, 4.69) is 14.7 Å². The Kier molecular flexibility index (Phi) is 2.28. The summed E-state index contributed by atoms with van der Waals surface area (Å²) < 4.78 is 9.07. The van der Waals surface area contributed by atoms with Gasteiger partial charge in [-0.1, -0.05) is 0 Å². The van der Waals surface area contributed by atoms with E-state index in [0.717, 1.165) is 0 Å². The largest absolute Gasteiger partial charge is 0.513 e. The van der Waals surface area contributed by atoms with Gasteiger partial charge in [0.1, 0.15) is 0 Å². The van der Waals surface area contributed by atoms with Crippen molar-refractivity contribution in [2.75, 3.05) is 12.8 Å². The predicted octanol–water partition coefficient (Wildman–Crippen LogP) is -0.213. The van der Waals surface area contributed by atoms with E-state index in [4.69, 9.17) is 10.5 Å². The number of rotatable bonds is 1. The van der Waals surface area contributed by atoms with Crippen LogP contribution < -0.4 is 21.2 Å². The second-order valence-electron chi connectivity index (χ2n) is 2.94. The molecule has 0 aliphatic carbocycles. The maximum Gasteiger partial charge on any atom is 0.513 e. The number of benzene rings is 1. The molecule has 1 aromatic rings. The van der Waals surface area contributed by atoms with Crippen LogP contribution in [0.3, 0.4) is 0 Å². The van der Waals surface area contributed by atoms with Crippen LogP contribution in [0.4, 0.5) is 15.3 Å². The van der Waals surface area contributed by atoms with E-state index in [1.165, 1.54) is 19.2 Å². The monoisotopic (exact) mass is 221 g/mol. The molecule has 0 unspecified atom stereocenters. The van der Waals surface area contributed by atoms with E-state index in [1.807, 2.05) is 0 Å². The van der Waals surface area contributed by atoms with E-state index in [9.17, 15) is 9.59 Å². The van der Waals surface area contributed by atoms with Gasteiger partial charge < -0.3 is 15.2 Å². The number of nitrogens with zero attached hydrogens (tertiary/aromatic N) is 2. The lowest BCUT2D eigenvalue weighted by Gasteiger charge is -2.04. The highest BCUT2D eigenvalue weighted by Gasteiger charge is 2.12. The molecule has 7 heteroatoms. The molecule has 1 aliphatic rings. The summed E-state index contributed by atoms with van der Waals surface area (Å²) in [4.78, 5) is 29.0. The third-order valence-electron chi connectivity index (χ3n) is 1.90. The molecule has 2 rings (SSSR count). The molecule has 0 saturated heterocycles. The smallest absolute Gasteiger partial charge is 0.437 e. The van der Waals surface area contributed by atoms with Crippen LogP contribution in [0.25, 0.3) is 0 Å². The molecule has 1 aliphatic heterocycles. The average Bonchev–Trinajstić information content (AvgIpc) is 2.58. The highest BCUT2D eigenvalue weighted by Crippen LogP contribution is 2.17. The lowest BCUT2D eigenvalue weighted by molar-refractivity contribution is 0.121. The van der Waals surface area contributed by atoms with Crippen LogP contribution in [0.15, 0.2) is 22.1 Å². The molecule has 2 amide bonds. The van der Waals surface area contributed by atoms with Crippen molar-refractivity contribution in [3.63, 3.8) is 0 Å². The van der Waals surface area contributed by atoms with Gasteiger partial charge >= 0.3 is 12.2 Å². The number of carbonyl (C=O) groups is 2. The molecule has 1 heterocycles. The van der Waals surface area contributed by atoms with Crippen LogP contribution in [0.5, 0.6) is 5.75 Å². The van der Waals surface area contributed by atoms with Crippen molar-refractivity contribution in [1.29, 1.82) is 0 Å². The summed E-state index contributed by atoms with van der Waals surface area (Å²) in [5.74, 6) is 0.0826. The molecule has 0 atom stereocenters. The van der Waals surface area contributed by atoms with Gasteiger partial charge in [0, 0.05) is 6.07 Å². The van der Waals surface area contributed by atoms with Gasteiger partial charge in [-0.15, -0.1) is 0 Å². The number of nitrogens with two attached hydrogens (primary N) is 1. The summed E-state index contributed by atoms with van der Waals surface area (Å²) in [6, 6.07) is 2.16. The number of anilines is 1. The fourth-order valence-corrected chi connectivity index (χ4v) is 1.20. The van der Waals surface area contributed by atoms with Crippen LogP contribution >= 0.6 is 0 Å². The summed E-state index contributed by atoms with van der Waals surface area (Å²) in [6.45, 7) is 0. The van der Waals surface area contributed by atoms with Gasteiger partial charge in [0.25, 0.3) is 0 Å². The highest BCUT2D eigenvalue weighted by atomic mass is 16.7. The van der Waals surface area contributed by atoms with Gasteiger partial charge in [0.15, 0.2) is 5.75 Å². The Morgan fingerprint density at radius 1 is 1.31 bits per heavy atom. The molecule has 16 heavy (non-hydrogen) atoms. The summed E-state index contributed by atoms with van der Waals surface area (Å²) >= 11 is 0. The number of carbonyl (C=O) groups excluding carboxylic acids is 2. The van der Waals surface area contributed by atoms with E-state index in [1.54, 1.807) is 0 Å². The number of methoxy groups -OCH3 is 1. The predicted molar refractivity (Wildman–Crippen MR) is 51.6 cm³/mol. The minimum absolute atomic E-state index is 0.0826. The molecule has 7 nitrogen and oxygen atoms in total. The van der Waals surface area contributed by atoms with Gasteiger partial charge in [0.05, 0.1) is 23.5 Å². The van der Waals surface area contributed by atoms with Crippen molar-refractivity contribution in [1.82, 2.24) is 0 Å². The first-order valence-electron chi connectivity index (χ1n) is 4.27. The maximum absolute atomic E-state index is 10.9. The first kappa shape index (κ1) is 10.1. The number of nitrogen functional groups attached to an aromatic ring is 1. The molecule has 1 aromatic carbocycles. The van der Waals surface area contributed by atoms with E-state index in [-0.39, 0.29) is 11.4 Å². The third-order valence-corrected chi connectivity index (χ3v) is 1.90. The lowest BCUT2D eigenvalue weighted by atomic mass is 10.3. The van der Waals surface area contributed by atoms with Gasteiger partial charge in [-0.3, -0.25) is 0 Å². The average molecular weight is 221 g/mol. The van der Waals surface area contributed by atoms with Crippen molar-refractivity contribution >= 4 is 17.9 Å². The van der Waals surface area contributed by atoms with Gasteiger partial charge in [-0.05, 0) is 6.07 Å². The summed E-state index contributed by atoms with van der Waals surface area (Å²) in [5, 5.41) is 0.679. The lowest BCUT2D eigenvalue weighted by Crippen LogP contribution is -2.23. The van der Waals surface area contributed by atoms with Crippen LogP contribution in [-0.4, -0.2) is 19.3 Å². The second-order valence-corrected chi connectivity index (χ2v) is 2.94. The molecule has 0 fully saturated rings. The molecule has 0 aromatic heterocycles. The Morgan fingerprint density at radius 2 is 1.94 bits per heavy atom. The summed E-state index contributed by atoms with van der Waals surface area (Å²) in [6.07, 6.45) is -0.895. The van der Waals surface area contributed by atoms with Gasteiger partial charge in [0.2, 0.25) is 0 Å². The van der Waals surface area contributed by atoms with E-state index in [0.29, 0.717) is 10.7 Å². The van der Waals surface area contributed by atoms with E-state index < -0.39 is 12.2 Å². The van der Waals surface area contributed by atoms with Gasteiger partial charge in [-0.25, -0.2) is 9.59 Å². The minimum atomic E-state index is -0.895.